The molecule has 0 spiro atoms. The molecule has 1 saturated heterocycles. The number of rotatable bonds is 7. The highest BCUT2D eigenvalue weighted by molar-refractivity contribution is 7.89. The average molecular weight is 403 g/mol. The first-order valence-corrected chi connectivity index (χ1v) is 10.6. The molecule has 0 radical (unpaired) electrons. The minimum absolute atomic E-state index is 0.225. The highest BCUT2D eigenvalue weighted by Gasteiger charge is 2.28. The second-order valence-electron chi connectivity index (χ2n) is 6.53. The van der Waals surface area contributed by atoms with E-state index in [2.05, 4.69) is 29.2 Å². The van der Waals surface area contributed by atoms with Crippen LogP contribution in [0.15, 0.2) is 59.5 Å². The molecule has 1 aliphatic rings. The fourth-order valence-electron chi connectivity index (χ4n) is 3.18. The zero-order valence-electron chi connectivity index (χ0n) is 16.2. The smallest absolute Gasteiger partial charge is 0.243 e. The van der Waals surface area contributed by atoms with Gasteiger partial charge in [-0.1, -0.05) is 42.5 Å². The van der Waals surface area contributed by atoms with Gasteiger partial charge in [0.25, 0.3) is 0 Å². The van der Waals surface area contributed by atoms with Gasteiger partial charge in [0, 0.05) is 38.8 Å². The Morgan fingerprint density at radius 3 is 2.25 bits per heavy atom. The van der Waals surface area contributed by atoms with Crippen LogP contribution in [0.3, 0.4) is 0 Å². The molecule has 150 valence electrons. The van der Waals surface area contributed by atoms with Crippen LogP contribution in [-0.2, 0) is 10.0 Å². The van der Waals surface area contributed by atoms with Crippen LogP contribution in [0.4, 0.5) is 0 Å². The molecule has 1 fully saturated rings. The molecule has 2 aromatic carbocycles. The summed E-state index contributed by atoms with van der Waals surface area (Å²) in [7, 11) is -0.532. The number of methoxy groups -OCH3 is 2. The zero-order chi connectivity index (χ0) is 20.0. The third-order valence-corrected chi connectivity index (χ3v) is 6.69. The molecule has 0 bridgehead atoms. The van der Waals surface area contributed by atoms with Crippen LogP contribution >= 0.6 is 0 Å². The molecule has 0 aromatic heterocycles. The van der Waals surface area contributed by atoms with Crippen molar-refractivity contribution in [3.8, 4) is 11.5 Å². The van der Waals surface area contributed by atoms with E-state index in [1.807, 2.05) is 18.2 Å². The van der Waals surface area contributed by atoms with Crippen molar-refractivity contribution in [2.45, 2.75) is 4.90 Å². The summed E-state index contributed by atoms with van der Waals surface area (Å²) < 4.78 is 37.9. The van der Waals surface area contributed by atoms with Crippen molar-refractivity contribution in [2.75, 3.05) is 46.9 Å². The zero-order valence-corrected chi connectivity index (χ0v) is 17.1. The van der Waals surface area contributed by atoms with Crippen molar-refractivity contribution in [1.29, 1.82) is 0 Å². The molecule has 28 heavy (non-hydrogen) atoms. The predicted octanol–water partition coefficient (Wildman–Crippen LogP) is 2.72. The van der Waals surface area contributed by atoms with E-state index in [0.29, 0.717) is 37.7 Å². The minimum Gasteiger partial charge on any atom is -0.493 e. The van der Waals surface area contributed by atoms with Crippen LogP contribution in [0.5, 0.6) is 11.5 Å². The van der Waals surface area contributed by atoms with Gasteiger partial charge in [-0.15, -0.1) is 0 Å². The van der Waals surface area contributed by atoms with Gasteiger partial charge in [0.05, 0.1) is 19.1 Å². The standard InChI is InChI=1S/C21H26N2O4S/c1-26-20-11-10-19(17-21(20)27-2)28(24,25)23-15-13-22(14-16-23)12-6-9-18-7-4-3-5-8-18/h3-11,17H,12-16H2,1-2H3/b9-6-. The summed E-state index contributed by atoms with van der Waals surface area (Å²) in [4.78, 5) is 2.47. The summed E-state index contributed by atoms with van der Waals surface area (Å²) in [6, 6.07) is 14.8. The van der Waals surface area contributed by atoms with Crippen molar-refractivity contribution >= 4 is 16.1 Å². The van der Waals surface area contributed by atoms with Crippen molar-refractivity contribution in [3.05, 3.63) is 60.2 Å². The van der Waals surface area contributed by atoms with Gasteiger partial charge in [-0.25, -0.2) is 8.42 Å². The Hall–Kier alpha value is -2.35. The number of hydrogen-bond acceptors (Lipinski definition) is 5. The second kappa shape index (κ2) is 9.23. The number of sulfonamides is 1. The van der Waals surface area contributed by atoms with E-state index in [9.17, 15) is 8.42 Å². The van der Waals surface area contributed by atoms with E-state index < -0.39 is 10.0 Å². The van der Waals surface area contributed by atoms with Crippen molar-refractivity contribution in [3.63, 3.8) is 0 Å². The summed E-state index contributed by atoms with van der Waals surface area (Å²) in [5.41, 5.74) is 1.16. The third-order valence-electron chi connectivity index (χ3n) is 4.80. The molecule has 7 heteroatoms. The molecule has 1 aliphatic heterocycles. The molecule has 0 unspecified atom stereocenters. The lowest BCUT2D eigenvalue weighted by Crippen LogP contribution is -2.48. The second-order valence-corrected chi connectivity index (χ2v) is 8.47. The van der Waals surface area contributed by atoms with Gasteiger partial charge in [0.15, 0.2) is 11.5 Å². The Kier molecular flexibility index (Phi) is 6.72. The van der Waals surface area contributed by atoms with Crippen molar-refractivity contribution in [1.82, 2.24) is 9.21 Å². The van der Waals surface area contributed by atoms with Gasteiger partial charge in [0.1, 0.15) is 0 Å². The maximum atomic E-state index is 13.0. The first-order valence-electron chi connectivity index (χ1n) is 9.20. The summed E-state index contributed by atoms with van der Waals surface area (Å²) in [5, 5.41) is 0. The Labute approximate surface area is 167 Å². The van der Waals surface area contributed by atoms with Crippen molar-refractivity contribution < 1.29 is 17.9 Å². The first kappa shape index (κ1) is 20.4. The normalized spacial score (nSPS) is 16.4. The van der Waals surface area contributed by atoms with Gasteiger partial charge in [-0.2, -0.15) is 4.31 Å². The Morgan fingerprint density at radius 2 is 1.61 bits per heavy atom. The largest absolute Gasteiger partial charge is 0.493 e. The van der Waals surface area contributed by atoms with Crippen LogP contribution in [-0.4, -0.2) is 64.6 Å². The SMILES string of the molecule is COc1ccc(S(=O)(=O)N2CCN(C/C=C\c3ccccc3)CC2)cc1OC. The molecule has 0 N–H and O–H groups in total. The molecular formula is C21H26N2O4S. The van der Waals surface area contributed by atoms with E-state index in [-0.39, 0.29) is 4.90 Å². The number of benzene rings is 2. The van der Waals surface area contributed by atoms with Crippen LogP contribution < -0.4 is 9.47 Å². The highest BCUT2D eigenvalue weighted by Crippen LogP contribution is 2.30. The van der Waals surface area contributed by atoms with E-state index in [4.69, 9.17) is 9.47 Å². The first-order chi connectivity index (χ1) is 13.5. The summed E-state index contributed by atoms with van der Waals surface area (Å²) in [6.07, 6.45) is 4.21. The molecule has 6 nitrogen and oxygen atoms in total. The number of ether oxygens (including phenoxy) is 2. The molecular weight excluding hydrogens is 376 g/mol. The van der Waals surface area contributed by atoms with Gasteiger partial charge < -0.3 is 9.47 Å². The number of nitrogens with zero attached hydrogens (tertiary/aromatic N) is 2. The van der Waals surface area contributed by atoms with Gasteiger partial charge >= 0.3 is 0 Å². The topological polar surface area (TPSA) is 59.1 Å². The fraction of sp³-hybridized carbons (Fsp3) is 0.333. The summed E-state index contributed by atoms with van der Waals surface area (Å²) in [6.45, 7) is 3.14. The Morgan fingerprint density at radius 1 is 0.929 bits per heavy atom. The van der Waals surface area contributed by atoms with Crippen LogP contribution in [0.2, 0.25) is 0 Å². The fourth-order valence-corrected chi connectivity index (χ4v) is 4.62. The third kappa shape index (κ3) is 4.73. The average Bonchev–Trinajstić information content (AvgIpc) is 2.74. The molecule has 2 aromatic rings. The molecule has 0 amide bonds. The van der Waals surface area contributed by atoms with Gasteiger partial charge in [0.2, 0.25) is 10.0 Å². The maximum Gasteiger partial charge on any atom is 0.243 e. The van der Waals surface area contributed by atoms with E-state index >= 15 is 0 Å². The van der Waals surface area contributed by atoms with E-state index in [1.165, 1.54) is 24.6 Å². The lowest BCUT2D eigenvalue weighted by molar-refractivity contribution is 0.204. The molecule has 1 heterocycles. The van der Waals surface area contributed by atoms with Gasteiger partial charge in [-0.05, 0) is 17.7 Å². The van der Waals surface area contributed by atoms with E-state index in [1.54, 1.807) is 12.1 Å². The number of piperazine rings is 1. The van der Waals surface area contributed by atoms with Gasteiger partial charge in [-0.3, -0.25) is 4.90 Å². The lowest BCUT2D eigenvalue weighted by atomic mass is 10.2. The van der Waals surface area contributed by atoms with Crippen molar-refractivity contribution in [2.24, 2.45) is 0 Å². The summed E-state index contributed by atoms with van der Waals surface area (Å²) >= 11 is 0. The Bertz CT molecular complexity index is 905. The maximum absolute atomic E-state index is 13.0. The monoisotopic (exact) mass is 402 g/mol. The Balaban J connectivity index is 1.60. The molecule has 0 atom stereocenters. The predicted molar refractivity (Wildman–Crippen MR) is 110 cm³/mol. The van der Waals surface area contributed by atoms with Crippen LogP contribution in [0.1, 0.15) is 5.56 Å². The molecule has 0 saturated carbocycles. The van der Waals surface area contributed by atoms with Crippen LogP contribution in [0, 0.1) is 0 Å². The minimum atomic E-state index is -3.55. The van der Waals surface area contributed by atoms with E-state index in [0.717, 1.165) is 12.1 Å². The highest BCUT2D eigenvalue weighted by atomic mass is 32.2. The summed E-state index contributed by atoms with van der Waals surface area (Å²) in [5.74, 6) is 0.921. The molecule has 0 aliphatic carbocycles. The molecule has 3 rings (SSSR count). The van der Waals surface area contributed by atoms with Crippen LogP contribution in [0.25, 0.3) is 6.08 Å². The quantitative estimate of drug-likeness (QED) is 0.713. The lowest BCUT2D eigenvalue weighted by Gasteiger charge is -2.33. The number of hydrogen-bond donors (Lipinski definition) is 0.